The molecule has 0 aromatic carbocycles. The van der Waals surface area contributed by atoms with Gasteiger partial charge in [0, 0.05) is 13.1 Å². The van der Waals surface area contributed by atoms with Gasteiger partial charge in [-0.05, 0) is 18.7 Å². The van der Waals surface area contributed by atoms with Crippen LogP contribution in [0.25, 0.3) is 0 Å². The van der Waals surface area contributed by atoms with E-state index in [0.717, 1.165) is 12.2 Å². The van der Waals surface area contributed by atoms with E-state index in [9.17, 15) is 0 Å². The first-order valence-electron chi connectivity index (χ1n) is 4.91. The molecule has 4 nitrogen and oxygen atoms in total. The zero-order chi connectivity index (χ0) is 11.3. The molecule has 0 saturated carbocycles. The highest BCUT2D eigenvalue weighted by molar-refractivity contribution is 6.31. The number of anilines is 1. The van der Waals surface area contributed by atoms with Crippen LogP contribution in [0.1, 0.15) is 12.6 Å². The summed E-state index contributed by atoms with van der Waals surface area (Å²) >= 11 is 5.99. The second kappa shape index (κ2) is 5.90. The molecule has 5 heteroatoms. The van der Waals surface area contributed by atoms with Crippen LogP contribution >= 0.6 is 11.6 Å². The van der Waals surface area contributed by atoms with E-state index in [1.165, 1.54) is 0 Å². The van der Waals surface area contributed by atoms with Crippen LogP contribution in [0, 0.1) is 0 Å². The lowest BCUT2D eigenvalue weighted by atomic mass is 10.3. The molecule has 0 atom stereocenters. The average Bonchev–Trinajstić information content (AvgIpc) is 2.22. The standard InChI is InChI=1S/C10H16ClN3O/c1-2-14(5-6-15)7-9-8(11)3-4-10(12)13-9/h3-4,15H,2,5-7H2,1H3,(H2,12,13). The van der Waals surface area contributed by atoms with Gasteiger partial charge in [0.1, 0.15) is 5.82 Å². The Hall–Kier alpha value is -0.840. The summed E-state index contributed by atoms with van der Waals surface area (Å²) in [6, 6.07) is 3.42. The van der Waals surface area contributed by atoms with E-state index >= 15 is 0 Å². The van der Waals surface area contributed by atoms with Crippen LogP contribution in [0.3, 0.4) is 0 Å². The molecule has 1 aromatic rings. The highest BCUT2D eigenvalue weighted by Crippen LogP contribution is 2.16. The van der Waals surface area contributed by atoms with Gasteiger partial charge in [0.05, 0.1) is 17.3 Å². The summed E-state index contributed by atoms with van der Waals surface area (Å²) < 4.78 is 0. The lowest BCUT2D eigenvalue weighted by molar-refractivity contribution is 0.195. The maximum Gasteiger partial charge on any atom is 0.123 e. The molecule has 0 saturated heterocycles. The van der Waals surface area contributed by atoms with Gasteiger partial charge in [-0.15, -0.1) is 0 Å². The van der Waals surface area contributed by atoms with Crippen LogP contribution in [0.5, 0.6) is 0 Å². The second-order valence-corrected chi connectivity index (χ2v) is 3.66. The van der Waals surface area contributed by atoms with E-state index in [-0.39, 0.29) is 6.61 Å². The van der Waals surface area contributed by atoms with Gasteiger partial charge < -0.3 is 10.8 Å². The van der Waals surface area contributed by atoms with Crippen LogP contribution in [-0.4, -0.2) is 34.7 Å². The molecule has 0 bridgehead atoms. The first-order valence-corrected chi connectivity index (χ1v) is 5.29. The molecule has 1 heterocycles. The summed E-state index contributed by atoms with van der Waals surface area (Å²) in [5.41, 5.74) is 6.34. The van der Waals surface area contributed by atoms with Gasteiger partial charge in [-0.3, -0.25) is 4.90 Å². The maximum absolute atomic E-state index is 8.85. The van der Waals surface area contributed by atoms with Crippen molar-refractivity contribution in [3.63, 3.8) is 0 Å². The molecular formula is C10H16ClN3O. The maximum atomic E-state index is 8.85. The molecule has 0 amide bonds. The third-order valence-electron chi connectivity index (χ3n) is 2.18. The van der Waals surface area contributed by atoms with Crippen molar-refractivity contribution in [3.8, 4) is 0 Å². The first-order chi connectivity index (χ1) is 7.17. The summed E-state index contributed by atoms with van der Waals surface area (Å²) in [5, 5.41) is 9.46. The highest BCUT2D eigenvalue weighted by Gasteiger charge is 2.08. The van der Waals surface area contributed by atoms with E-state index < -0.39 is 0 Å². The van der Waals surface area contributed by atoms with Crippen LogP contribution in [-0.2, 0) is 6.54 Å². The fourth-order valence-corrected chi connectivity index (χ4v) is 1.48. The largest absolute Gasteiger partial charge is 0.395 e. The van der Waals surface area contributed by atoms with E-state index in [1.807, 2.05) is 11.8 Å². The van der Waals surface area contributed by atoms with E-state index in [1.54, 1.807) is 12.1 Å². The molecule has 0 radical (unpaired) electrons. The number of hydrogen-bond donors (Lipinski definition) is 2. The SMILES string of the molecule is CCN(CCO)Cc1nc(N)ccc1Cl. The molecule has 1 aromatic heterocycles. The van der Waals surface area contributed by atoms with Crippen LogP contribution in [0.15, 0.2) is 12.1 Å². The number of pyridine rings is 1. The highest BCUT2D eigenvalue weighted by atomic mass is 35.5. The van der Waals surface area contributed by atoms with Gasteiger partial charge in [-0.2, -0.15) is 0 Å². The zero-order valence-electron chi connectivity index (χ0n) is 8.78. The number of aliphatic hydroxyl groups excluding tert-OH is 1. The Balaban J connectivity index is 2.73. The van der Waals surface area contributed by atoms with Gasteiger partial charge >= 0.3 is 0 Å². The van der Waals surface area contributed by atoms with Gasteiger partial charge in [-0.1, -0.05) is 18.5 Å². The van der Waals surface area contributed by atoms with Crippen molar-refractivity contribution in [2.24, 2.45) is 0 Å². The Labute approximate surface area is 94.7 Å². The monoisotopic (exact) mass is 229 g/mol. The molecule has 0 unspecified atom stereocenters. The van der Waals surface area contributed by atoms with Crippen molar-refractivity contribution in [3.05, 3.63) is 22.8 Å². The third kappa shape index (κ3) is 3.66. The summed E-state index contributed by atoms with van der Waals surface area (Å²) in [5.74, 6) is 0.467. The molecule has 0 aliphatic carbocycles. The summed E-state index contributed by atoms with van der Waals surface area (Å²) in [7, 11) is 0. The van der Waals surface area contributed by atoms with Gasteiger partial charge in [-0.25, -0.2) is 4.98 Å². The van der Waals surface area contributed by atoms with E-state index in [2.05, 4.69) is 4.98 Å². The number of halogens is 1. The molecule has 0 aliphatic heterocycles. The van der Waals surface area contributed by atoms with E-state index in [4.69, 9.17) is 22.4 Å². The first kappa shape index (κ1) is 12.2. The molecule has 15 heavy (non-hydrogen) atoms. The Kier molecular flexibility index (Phi) is 4.81. The van der Waals surface area contributed by atoms with Crippen molar-refractivity contribution in [1.82, 2.24) is 9.88 Å². The third-order valence-corrected chi connectivity index (χ3v) is 2.52. The Morgan fingerprint density at radius 3 is 2.87 bits per heavy atom. The Bertz CT molecular complexity index is 320. The lowest BCUT2D eigenvalue weighted by Gasteiger charge is -2.19. The fourth-order valence-electron chi connectivity index (χ4n) is 1.31. The number of rotatable bonds is 5. The van der Waals surface area contributed by atoms with Gasteiger partial charge in [0.2, 0.25) is 0 Å². The molecule has 3 N–H and O–H groups in total. The van der Waals surface area contributed by atoms with Crippen molar-refractivity contribution >= 4 is 17.4 Å². The molecule has 1 rings (SSSR count). The fraction of sp³-hybridized carbons (Fsp3) is 0.500. The minimum Gasteiger partial charge on any atom is -0.395 e. The summed E-state index contributed by atoms with van der Waals surface area (Å²) in [6.07, 6.45) is 0. The quantitative estimate of drug-likeness (QED) is 0.795. The van der Waals surface area contributed by atoms with Crippen molar-refractivity contribution < 1.29 is 5.11 Å². The normalized spacial score (nSPS) is 10.9. The number of nitrogen functional groups attached to an aromatic ring is 1. The van der Waals surface area contributed by atoms with Crippen molar-refractivity contribution in [2.75, 3.05) is 25.4 Å². The molecule has 0 fully saturated rings. The summed E-state index contributed by atoms with van der Waals surface area (Å²) in [6.45, 7) is 4.22. The Morgan fingerprint density at radius 1 is 1.53 bits per heavy atom. The smallest absolute Gasteiger partial charge is 0.123 e. The minimum atomic E-state index is 0.133. The average molecular weight is 230 g/mol. The predicted octanol–water partition coefficient (Wildman–Crippen LogP) is 1.13. The van der Waals surface area contributed by atoms with Crippen LogP contribution in [0.4, 0.5) is 5.82 Å². The Morgan fingerprint density at radius 2 is 2.27 bits per heavy atom. The number of aliphatic hydroxyl groups is 1. The molecule has 0 spiro atoms. The van der Waals surface area contributed by atoms with Gasteiger partial charge in [0.25, 0.3) is 0 Å². The number of nitrogens with zero attached hydrogens (tertiary/aromatic N) is 2. The topological polar surface area (TPSA) is 62.4 Å². The number of aromatic nitrogens is 1. The van der Waals surface area contributed by atoms with Crippen molar-refractivity contribution in [1.29, 1.82) is 0 Å². The molecule has 84 valence electrons. The lowest BCUT2D eigenvalue weighted by Crippen LogP contribution is -2.26. The van der Waals surface area contributed by atoms with Crippen molar-refractivity contribution in [2.45, 2.75) is 13.5 Å². The predicted molar refractivity (Wildman–Crippen MR) is 61.7 cm³/mol. The second-order valence-electron chi connectivity index (χ2n) is 3.26. The molecule has 0 aliphatic rings. The van der Waals surface area contributed by atoms with Crippen LogP contribution < -0.4 is 5.73 Å². The zero-order valence-corrected chi connectivity index (χ0v) is 9.54. The van der Waals surface area contributed by atoms with Gasteiger partial charge in [0.15, 0.2) is 0 Å². The summed E-state index contributed by atoms with van der Waals surface area (Å²) in [4.78, 5) is 6.21. The van der Waals surface area contributed by atoms with Crippen LogP contribution in [0.2, 0.25) is 5.02 Å². The molecular weight excluding hydrogens is 214 g/mol. The number of nitrogens with two attached hydrogens (primary N) is 1. The van der Waals surface area contributed by atoms with E-state index in [0.29, 0.717) is 23.9 Å². The minimum absolute atomic E-state index is 0.133. The number of likely N-dealkylation sites (N-methyl/N-ethyl adjacent to an activating group) is 1. The number of hydrogen-bond acceptors (Lipinski definition) is 4.